The molecule has 0 saturated heterocycles. The second-order valence-electron chi connectivity index (χ2n) is 5.37. The van der Waals surface area contributed by atoms with Gasteiger partial charge in [-0.2, -0.15) is 23.4 Å². The van der Waals surface area contributed by atoms with E-state index in [1.165, 1.54) is 10.6 Å². The first-order valence-electron chi connectivity index (χ1n) is 7.36. The Balaban J connectivity index is 1.95. The average molecular weight is 345 g/mol. The first-order chi connectivity index (χ1) is 12.0. The molecule has 3 heterocycles. The molecule has 128 valence electrons. The maximum atomic E-state index is 12.7. The third-order valence-electron chi connectivity index (χ3n) is 3.56. The van der Waals surface area contributed by atoms with Gasteiger partial charge in [0.05, 0.1) is 18.0 Å². The van der Waals surface area contributed by atoms with Gasteiger partial charge in [0.25, 0.3) is 11.7 Å². The second-order valence-corrected chi connectivity index (χ2v) is 5.37. The predicted octanol–water partition coefficient (Wildman–Crippen LogP) is 0.158. The zero-order valence-corrected chi connectivity index (χ0v) is 13.3. The van der Waals surface area contributed by atoms with Crippen molar-refractivity contribution in [3.05, 3.63) is 64.0 Å². The molecule has 0 spiro atoms. The van der Waals surface area contributed by atoms with Crippen LogP contribution in [-0.2, 0) is 13.6 Å². The van der Waals surface area contributed by atoms with E-state index < -0.39 is 11.8 Å². The third kappa shape index (κ3) is 3.49. The van der Waals surface area contributed by atoms with Crippen LogP contribution in [0.3, 0.4) is 0 Å². The van der Waals surface area contributed by atoms with Crippen molar-refractivity contribution in [2.45, 2.75) is 6.54 Å². The van der Waals surface area contributed by atoms with Gasteiger partial charge in [0.15, 0.2) is 0 Å². The fourth-order valence-corrected chi connectivity index (χ4v) is 2.28. The summed E-state index contributed by atoms with van der Waals surface area (Å²) in [5.41, 5.74) is 6.40. The summed E-state index contributed by atoms with van der Waals surface area (Å²) in [6.07, 6.45) is 3.09. The number of nitrogens with zero attached hydrogens (tertiary/aromatic N) is 4. The minimum Gasteiger partial charge on any atom is -0.326 e. The highest BCUT2D eigenvalue weighted by molar-refractivity contribution is 5.45. The molecule has 0 aromatic carbocycles. The largest absolute Gasteiger partial charge is 0.476 e. The lowest BCUT2D eigenvalue weighted by atomic mass is 10.2. The summed E-state index contributed by atoms with van der Waals surface area (Å²) < 4.78 is 29.5. The monoisotopic (exact) mass is 345 g/mol. The van der Waals surface area contributed by atoms with Crippen molar-refractivity contribution in [2.24, 2.45) is 12.8 Å². The van der Waals surface area contributed by atoms with E-state index in [9.17, 15) is 13.6 Å². The Morgan fingerprint density at radius 1 is 1.40 bits per heavy atom. The van der Waals surface area contributed by atoms with Gasteiger partial charge in [-0.3, -0.25) is 4.68 Å². The molecule has 0 fully saturated rings. The Hall–Kier alpha value is -3.25. The van der Waals surface area contributed by atoms with E-state index in [0.717, 1.165) is 10.2 Å². The number of hydrogen-bond donors (Lipinski definition) is 2. The van der Waals surface area contributed by atoms with Gasteiger partial charge in [-0.05, 0) is 6.07 Å². The number of nitrogens with two attached hydrogens (primary N) is 1. The van der Waals surface area contributed by atoms with Gasteiger partial charge in [-0.25, -0.2) is 4.79 Å². The maximum Gasteiger partial charge on any atom is 0.476 e. The van der Waals surface area contributed by atoms with Crippen LogP contribution in [0.2, 0.25) is 0 Å². The maximum absolute atomic E-state index is 12.7. The Morgan fingerprint density at radius 3 is 2.80 bits per heavy atom. The highest BCUT2D eigenvalue weighted by atomic mass is 19.3. The van der Waals surface area contributed by atoms with E-state index in [1.807, 2.05) is 0 Å². The molecule has 3 rings (SSSR count). The normalized spacial score (nSPS) is 10.6. The first-order valence-corrected chi connectivity index (χ1v) is 7.36. The summed E-state index contributed by atoms with van der Waals surface area (Å²) in [5.74, 6) is 5.93. The summed E-state index contributed by atoms with van der Waals surface area (Å²) in [6, 6.07) is 3.34. The fraction of sp³-hybridized carbons (Fsp3) is 0.188. The molecule has 0 radical (unpaired) electrons. The lowest BCUT2D eigenvalue weighted by Gasteiger charge is -1.97. The number of rotatable bonds is 3. The van der Waals surface area contributed by atoms with Crippen molar-refractivity contribution in [2.75, 3.05) is 6.54 Å². The summed E-state index contributed by atoms with van der Waals surface area (Å²) in [4.78, 5) is 12.2. The Labute approximate surface area is 141 Å². The van der Waals surface area contributed by atoms with E-state index >= 15 is 0 Å². The molecule has 0 amide bonds. The van der Waals surface area contributed by atoms with Crippen molar-refractivity contribution in [1.82, 2.24) is 19.6 Å². The van der Waals surface area contributed by atoms with Crippen molar-refractivity contribution >= 4 is 5.65 Å². The minimum atomic E-state index is -1.87. The molecule has 0 aliphatic carbocycles. The van der Waals surface area contributed by atoms with Crippen LogP contribution in [0.25, 0.3) is 5.65 Å². The summed E-state index contributed by atoms with van der Waals surface area (Å²) in [7, 11) is 1.80. The predicted molar refractivity (Wildman–Crippen MR) is 85.7 cm³/mol. The quantitative estimate of drug-likeness (QED) is 0.524. The summed E-state index contributed by atoms with van der Waals surface area (Å²) in [6.45, 7) is -0.618. The number of aryl methyl sites for hydroxylation is 1. The Kier molecular flexibility index (Phi) is 4.45. The van der Waals surface area contributed by atoms with Gasteiger partial charge in [0.1, 0.15) is 6.54 Å². The molecule has 9 heteroatoms. The number of halogens is 2. The SMILES string of the molecule is Cn1cc(C#Cc2cc[n+]3c(=O)n(CC(CN)=C(F)F)[nH]c3c2)cn1. The van der Waals surface area contributed by atoms with Crippen LogP contribution in [0.1, 0.15) is 11.1 Å². The van der Waals surface area contributed by atoms with Gasteiger partial charge >= 0.3 is 5.69 Å². The Morgan fingerprint density at radius 2 is 2.16 bits per heavy atom. The molecule has 7 nitrogen and oxygen atoms in total. The van der Waals surface area contributed by atoms with Crippen LogP contribution in [0, 0.1) is 11.8 Å². The van der Waals surface area contributed by atoms with Crippen LogP contribution < -0.4 is 15.8 Å². The first kappa shape index (κ1) is 16.6. The van der Waals surface area contributed by atoms with Crippen molar-refractivity contribution in [3.8, 4) is 11.8 Å². The topological polar surface area (TPSA) is 85.7 Å². The van der Waals surface area contributed by atoms with E-state index in [1.54, 1.807) is 36.3 Å². The number of H-pyrrole nitrogens is 1. The lowest BCUT2D eigenvalue weighted by Crippen LogP contribution is -2.41. The molecule has 3 aromatic rings. The van der Waals surface area contributed by atoms with E-state index in [0.29, 0.717) is 11.2 Å². The summed E-state index contributed by atoms with van der Waals surface area (Å²) >= 11 is 0. The highest BCUT2D eigenvalue weighted by Crippen LogP contribution is 2.07. The smallest absolute Gasteiger partial charge is 0.326 e. The van der Waals surface area contributed by atoms with Crippen molar-refractivity contribution < 1.29 is 13.2 Å². The molecular weight excluding hydrogens is 330 g/mol. The molecule has 3 aromatic heterocycles. The molecule has 0 saturated carbocycles. The highest BCUT2D eigenvalue weighted by Gasteiger charge is 2.17. The number of nitrogens with one attached hydrogen (secondary N) is 1. The Bertz CT molecular complexity index is 1080. The lowest BCUT2D eigenvalue weighted by molar-refractivity contribution is -0.530. The second kappa shape index (κ2) is 6.70. The molecule has 0 bridgehead atoms. The van der Waals surface area contributed by atoms with Gasteiger partial charge < -0.3 is 5.73 Å². The number of aromatic amines is 1. The molecule has 0 aliphatic heterocycles. The van der Waals surface area contributed by atoms with Gasteiger partial charge in [0, 0.05) is 37.0 Å². The van der Waals surface area contributed by atoms with E-state index in [2.05, 4.69) is 22.0 Å². The molecule has 0 atom stereocenters. The summed E-state index contributed by atoms with van der Waals surface area (Å²) in [5, 5.41) is 6.81. The van der Waals surface area contributed by atoms with Crippen LogP contribution in [0.15, 0.2) is 47.2 Å². The van der Waals surface area contributed by atoms with Crippen LogP contribution in [0.4, 0.5) is 8.78 Å². The van der Waals surface area contributed by atoms with Gasteiger partial charge in [0.2, 0.25) is 0 Å². The van der Waals surface area contributed by atoms with Crippen molar-refractivity contribution in [1.29, 1.82) is 0 Å². The zero-order valence-electron chi connectivity index (χ0n) is 13.3. The molecule has 0 aliphatic rings. The zero-order chi connectivity index (χ0) is 18.0. The van der Waals surface area contributed by atoms with E-state index in [4.69, 9.17) is 5.73 Å². The molecule has 25 heavy (non-hydrogen) atoms. The number of hydrogen-bond acceptors (Lipinski definition) is 3. The molecular formula is C16H15F2N6O+. The standard InChI is InChI=1S/C16H14F2N6O/c1-22-9-12(8-20-22)3-2-11-4-5-23-14(6-11)21-24(16(23)25)10-13(7-19)15(17)18/h4-6,8-9H,7,10,19H2,1H3/p+1. The minimum absolute atomic E-state index is 0.296. The third-order valence-corrected chi connectivity index (χ3v) is 3.56. The fourth-order valence-electron chi connectivity index (χ4n) is 2.28. The number of fused-ring (bicyclic) bond motifs is 1. The number of aromatic nitrogens is 5. The van der Waals surface area contributed by atoms with Gasteiger partial charge in [-0.1, -0.05) is 11.8 Å². The van der Waals surface area contributed by atoms with E-state index in [-0.39, 0.29) is 18.7 Å². The number of pyridine rings is 1. The van der Waals surface area contributed by atoms with Crippen LogP contribution in [0.5, 0.6) is 0 Å². The average Bonchev–Trinajstić information content (AvgIpc) is 3.13. The van der Waals surface area contributed by atoms with Crippen molar-refractivity contribution in [3.63, 3.8) is 0 Å². The van der Waals surface area contributed by atoms with Gasteiger partial charge in [-0.15, -0.1) is 4.68 Å². The molecule has 0 unspecified atom stereocenters. The van der Waals surface area contributed by atoms with Crippen LogP contribution >= 0.6 is 0 Å². The molecule has 3 N–H and O–H groups in total. The van der Waals surface area contributed by atoms with Crippen LogP contribution in [-0.4, -0.2) is 26.1 Å².